The number of Topliss-reactive ketones (excluding diaryl/α,β-unsaturated/α-hetero) is 1. The first-order valence-electron chi connectivity index (χ1n) is 9.02. The van der Waals surface area contributed by atoms with Gasteiger partial charge in [0.25, 0.3) is 5.91 Å². The number of rotatable bonds is 7. The Balaban J connectivity index is 1.74. The van der Waals surface area contributed by atoms with E-state index in [4.69, 9.17) is 16.3 Å². The number of amides is 3. The molecule has 1 saturated heterocycles. The number of ether oxygens (including phenoxy) is 1. The lowest BCUT2D eigenvalue weighted by atomic mass is 9.87. The molecule has 1 N–H and O–H groups in total. The van der Waals surface area contributed by atoms with Crippen LogP contribution in [0.1, 0.15) is 36.2 Å². The number of carbonyl (C=O) groups is 3. The Bertz CT molecular complexity index is 913. The number of hydrogen-bond acceptors (Lipinski definition) is 4. The van der Waals surface area contributed by atoms with Gasteiger partial charge in [-0.25, -0.2) is 4.79 Å². The van der Waals surface area contributed by atoms with Gasteiger partial charge in [0.1, 0.15) is 17.9 Å². The monoisotopic (exact) mass is 400 g/mol. The average Bonchev–Trinajstić information content (AvgIpc) is 2.93. The van der Waals surface area contributed by atoms with Crippen molar-refractivity contribution in [1.82, 2.24) is 10.2 Å². The molecule has 0 spiro atoms. The van der Waals surface area contributed by atoms with Gasteiger partial charge in [0, 0.05) is 5.02 Å². The van der Waals surface area contributed by atoms with Crippen molar-refractivity contribution in [3.8, 4) is 5.75 Å². The first-order valence-corrected chi connectivity index (χ1v) is 9.39. The number of imide groups is 1. The molecular formula is C21H21ClN2O4. The van der Waals surface area contributed by atoms with E-state index in [9.17, 15) is 14.4 Å². The van der Waals surface area contributed by atoms with Crippen LogP contribution >= 0.6 is 11.6 Å². The first-order chi connectivity index (χ1) is 13.4. The largest absolute Gasteiger partial charge is 0.491 e. The number of hydrogen-bond donors (Lipinski definition) is 1. The molecule has 3 rings (SSSR count). The van der Waals surface area contributed by atoms with Crippen LogP contribution in [0.3, 0.4) is 0 Å². The predicted molar refractivity (Wildman–Crippen MR) is 106 cm³/mol. The number of urea groups is 1. The molecule has 28 heavy (non-hydrogen) atoms. The van der Waals surface area contributed by atoms with Crippen LogP contribution < -0.4 is 10.1 Å². The molecule has 2 aromatic carbocycles. The standard InChI is InChI=1S/C21H21ClN2O4/c1-3-21(15-8-10-16(22)11-9-15)19(26)24(20(27)23-21)12-13-28-18-7-5-4-6-17(18)14(2)25/h4-11H,3,12-13H2,1-2H3,(H,23,27)/t21-/m1/s1. The molecular weight excluding hydrogens is 380 g/mol. The number of nitrogens with zero attached hydrogens (tertiary/aromatic N) is 1. The van der Waals surface area contributed by atoms with Crippen molar-refractivity contribution in [2.45, 2.75) is 25.8 Å². The molecule has 0 saturated carbocycles. The Labute approximate surface area is 168 Å². The molecule has 1 heterocycles. The number of halogens is 1. The zero-order valence-corrected chi connectivity index (χ0v) is 16.5. The van der Waals surface area contributed by atoms with Crippen LogP contribution in [0.2, 0.25) is 5.02 Å². The summed E-state index contributed by atoms with van der Waals surface area (Å²) < 4.78 is 5.67. The summed E-state index contributed by atoms with van der Waals surface area (Å²) in [5.41, 5.74) is 0.0331. The fourth-order valence-corrected chi connectivity index (χ4v) is 3.46. The number of carbonyl (C=O) groups excluding carboxylic acids is 3. The maximum atomic E-state index is 13.1. The second-order valence-electron chi connectivity index (χ2n) is 6.55. The number of ketones is 1. The van der Waals surface area contributed by atoms with Crippen molar-refractivity contribution in [2.24, 2.45) is 0 Å². The van der Waals surface area contributed by atoms with Crippen LogP contribution in [0, 0.1) is 0 Å². The van der Waals surface area contributed by atoms with Crippen molar-refractivity contribution >= 4 is 29.3 Å². The van der Waals surface area contributed by atoms with Crippen molar-refractivity contribution < 1.29 is 19.1 Å². The fourth-order valence-electron chi connectivity index (χ4n) is 3.33. The Kier molecular flexibility index (Phi) is 5.70. The van der Waals surface area contributed by atoms with E-state index in [1.165, 1.54) is 6.92 Å². The van der Waals surface area contributed by atoms with Gasteiger partial charge < -0.3 is 10.1 Å². The molecule has 7 heteroatoms. The normalized spacial score (nSPS) is 18.9. The summed E-state index contributed by atoms with van der Waals surface area (Å²) >= 11 is 5.94. The minimum absolute atomic E-state index is 0.0756. The van der Waals surface area contributed by atoms with Gasteiger partial charge in [0.15, 0.2) is 5.78 Å². The van der Waals surface area contributed by atoms with Gasteiger partial charge in [-0.1, -0.05) is 42.8 Å². The summed E-state index contributed by atoms with van der Waals surface area (Å²) in [7, 11) is 0. The Morgan fingerprint density at radius 2 is 1.82 bits per heavy atom. The smallest absolute Gasteiger partial charge is 0.325 e. The molecule has 0 aromatic heterocycles. The molecule has 1 aliphatic rings. The lowest BCUT2D eigenvalue weighted by molar-refractivity contribution is -0.132. The van der Waals surface area contributed by atoms with Gasteiger partial charge >= 0.3 is 6.03 Å². The third-order valence-electron chi connectivity index (χ3n) is 4.88. The molecule has 0 bridgehead atoms. The minimum Gasteiger partial charge on any atom is -0.491 e. The minimum atomic E-state index is -1.11. The fraction of sp³-hybridized carbons (Fsp3) is 0.286. The van der Waals surface area contributed by atoms with Crippen LogP contribution in [-0.4, -0.2) is 35.8 Å². The molecule has 0 unspecified atom stereocenters. The molecule has 6 nitrogen and oxygen atoms in total. The average molecular weight is 401 g/mol. The lowest BCUT2D eigenvalue weighted by Gasteiger charge is -2.26. The maximum absolute atomic E-state index is 13.1. The molecule has 0 radical (unpaired) electrons. The van der Waals surface area contributed by atoms with Gasteiger partial charge in [0.05, 0.1) is 12.1 Å². The molecule has 2 aromatic rings. The molecule has 1 fully saturated rings. The van der Waals surface area contributed by atoms with E-state index in [-0.39, 0.29) is 24.8 Å². The Morgan fingerprint density at radius 1 is 1.14 bits per heavy atom. The van der Waals surface area contributed by atoms with Crippen molar-refractivity contribution in [3.05, 3.63) is 64.7 Å². The zero-order valence-electron chi connectivity index (χ0n) is 15.7. The summed E-state index contributed by atoms with van der Waals surface area (Å²) in [5, 5.41) is 3.37. The van der Waals surface area contributed by atoms with E-state index in [1.807, 2.05) is 6.92 Å². The van der Waals surface area contributed by atoms with Crippen molar-refractivity contribution in [2.75, 3.05) is 13.2 Å². The summed E-state index contributed by atoms with van der Waals surface area (Å²) in [6.45, 7) is 3.47. The van der Waals surface area contributed by atoms with Crippen LogP contribution in [0.25, 0.3) is 0 Å². The molecule has 1 aliphatic heterocycles. The lowest BCUT2D eigenvalue weighted by Crippen LogP contribution is -2.43. The molecule has 3 amide bonds. The Morgan fingerprint density at radius 3 is 2.46 bits per heavy atom. The molecule has 0 aliphatic carbocycles. The highest BCUT2D eigenvalue weighted by atomic mass is 35.5. The van der Waals surface area contributed by atoms with E-state index >= 15 is 0 Å². The van der Waals surface area contributed by atoms with Crippen LogP contribution in [-0.2, 0) is 10.3 Å². The summed E-state index contributed by atoms with van der Waals surface area (Å²) in [4.78, 5) is 38.4. The highest BCUT2D eigenvalue weighted by Gasteiger charge is 2.51. The van der Waals surface area contributed by atoms with Gasteiger partial charge in [-0.15, -0.1) is 0 Å². The highest BCUT2D eigenvalue weighted by Crippen LogP contribution is 2.33. The topological polar surface area (TPSA) is 75.7 Å². The van der Waals surface area contributed by atoms with E-state index in [0.29, 0.717) is 28.3 Å². The van der Waals surface area contributed by atoms with E-state index in [0.717, 1.165) is 4.90 Å². The second-order valence-corrected chi connectivity index (χ2v) is 6.99. The van der Waals surface area contributed by atoms with E-state index < -0.39 is 11.6 Å². The van der Waals surface area contributed by atoms with Crippen LogP contribution in [0.15, 0.2) is 48.5 Å². The second kappa shape index (κ2) is 8.02. The Hall–Kier alpha value is -2.86. The summed E-state index contributed by atoms with van der Waals surface area (Å²) in [6, 6.07) is 13.3. The summed E-state index contributed by atoms with van der Waals surface area (Å²) in [6.07, 6.45) is 0.406. The zero-order chi connectivity index (χ0) is 20.3. The molecule has 1 atom stereocenters. The van der Waals surface area contributed by atoms with Crippen LogP contribution in [0.5, 0.6) is 5.75 Å². The number of para-hydroxylation sites is 1. The number of nitrogens with one attached hydrogen (secondary N) is 1. The third-order valence-corrected chi connectivity index (χ3v) is 5.13. The third kappa shape index (κ3) is 3.60. The van der Waals surface area contributed by atoms with Gasteiger partial charge in [0.2, 0.25) is 0 Å². The first kappa shape index (κ1) is 19.9. The summed E-state index contributed by atoms with van der Waals surface area (Å²) in [5.74, 6) is -0.00869. The van der Waals surface area contributed by atoms with Crippen molar-refractivity contribution in [3.63, 3.8) is 0 Å². The molecule has 146 valence electrons. The number of benzene rings is 2. The SMILES string of the molecule is CC[C@]1(c2ccc(Cl)cc2)NC(=O)N(CCOc2ccccc2C(C)=O)C1=O. The van der Waals surface area contributed by atoms with E-state index in [2.05, 4.69) is 5.32 Å². The highest BCUT2D eigenvalue weighted by molar-refractivity contribution is 6.30. The van der Waals surface area contributed by atoms with Crippen LogP contribution in [0.4, 0.5) is 4.79 Å². The maximum Gasteiger partial charge on any atom is 0.325 e. The van der Waals surface area contributed by atoms with Gasteiger partial charge in [-0.2, -0.15) is 0 Å². The van der Waals surface area contributed by atoms with E-state index in [1.54, 1.807) is 48.5 Å². The van der Waals surface area contributed by atoms with Gasteiger partial charge in [-0.3, -0.25) is 14.5 Å². The quantitative estimate of drug-likeness (QED) is 0.567. The van der Waals surface area contributed by atoms with Crippen molar-refractivity contribution in [1.29, 1.82) is 0 Å². The van der Waals surface area contributed by atoms with Gasteiger partial charge in [-0.05, 0) is 43.2 Å². The predicted octanol–water partition coefficient (Wildman–Crippen LogP) is 3.78.